The lowest BCUT2D eigenvalue weighted by atomic mass is 10.3. The van der Waals surface area contributed by atoms with E-state index in [4.69, 9.17) is 10.5 Å². The molecule has 0 aliphatic heterocycles. The first kappa shape index (κ1) is 16.3. The molecule has 1 rings (SSSR count). The lowest BCUT2D eigenvalue weighted by Crippen LogP contribution is -2.36. The molecule has 0 heterocycles. The third-order valence-corrected chi connectivity index (χ3v) is 3.01. The Morgan fingerprint density at radius 1 is 1.20 bits per heavy atom. The highest BCUT2D eigenvalue weighted by molar-refractivity contribution is 5.77. The summed E-state index contributed by atoms with van der Waals surface area (Å²) in [5.74, 6) is 0.681. The van der Waals surface area contributed by atoms with Gasteiger partial charge in [0.1, 0.15) is 5.75 Å². The van der Waals surface area contributed by atoms with E-state index in [0.29, 0.717) is 18.0 Å². The number of amides is 1. The average Bonchev–Trinajstić information content (AvgIpc) is 2.42. The Morgan fingerprint density at radius 3 is 2.40 bits per heavy atom. The van der Waals surface area contributed by atoms with E-state index in [1.165, 1.54) is 0 Å². The van der Waals surface area contributed by atoms with Crippen molar-refractivity contribution in [1.82, 2.24) is 9.80 Å². The number of likely N-dealkylation sites (N-methyl/N-ethyl adjacent to an activating group) is 1. The van der Waals surface area contributed by atoms with Gasteiger partial charge in [0.2, 0.25) is 0 Å². The second-order valence-corrected chi connectivity index (χ2v) is 4.99. The number of hydrogen-bond acceptors (Lipinski definition) is 4. The van der Waals surface area contributed by atoms with Crippen molar-refractivity contribution >= 4 is 11.6 Å². The van der Waals surface area contributed by atoms with Gasteiger partial charge in [0.05, 0.1) is 0 Å². The van der Waals surface area contributed by atoms with Crippen LogP contribution < -0.4 is 10.5 Å². The maximum Gasteiger partial charge on any atom is 0.260 e. The monoisotopic (exact) mass is 279 g/mol. The molecule has 0 radical (unpaired) electrons. The third-order valence-electron chi connectivity index (χ3n) is 3.01. The fourth-order valence-electron chi connectivity index (χ4n) is 1.84. The molecule has 20 heavy (non-hydrogen) atoms. The molecule has 1 amide bonds. The highest BCUT2D eigenvalue weighted by atomic mass is 16.5. The lowest BCUT2D eigenvalue weighted by molar-refractivity contribution is -0.133. The van der Waals surface area contributed by atoms with Crippen molar-refractivity contribution in [3.05, 3.63) is 24.3 Å². The molecule has 0 bridgehead atoms. The molecule has 1 aromatic carbocycles. The lowest BCUT2D eigenvalue weighted by Gasteiger charge is -2.22. The first-order valence-electron chi connectivity index (χ1n) is 6.93. The standard InChI is InChI=1S/C15H25N3O2/c1-4-18(11-5-10-17(2)3)15(19)12-20-14-8-6-13(16)7-9-14/h6-9H,4-5,10-12,16H2,1-3H3. The number of anilines is 1. The van der Waals surface area contributed by atoms with Gasteiger partial charge in [-0.25, -0.2) is 0 Å². The summed E-state index contributed by atoms with van der Waals surface area (Å²) in [6.07, 6.45) is 0.967. The van der Waals surface area contributed by atoms with Gasteiger partial charge >= 0.3 is 0 Å². The van der Waals surface area contributed by atoms with E-state index in [1.54, 1.807) is 24.3 Å². The minimum Gasteiger partial charge on any atom is -0.484 e. The number of rotatable bonds is 8. The van der Waals surface area contributed by atoms with Gasteiger partial charge in [-0.05, 0) is 58.3 Å². The minimum absolute atomic E-state index is 0.0167. The third kappa shape index (κ3) is 5.93. The molecule has 5 nitrogen and oxygen atoms in total. The van der Waals surface area contributed by atoms with Crippen molar-refractivity contribution in [2.45, 2.75) is 13.3 Å². The van der Waals surface area contributed by atoms with E-state index < -0.39 is 0 Å². The molecule has 5 heteroatoms. The van der Waals surface area contributed by atoms with Crippen LogP contribution in [0.15, 0.2) is 24.3 Å². The molecule has 0 aliphatic carbocycles. The predicted octanol–water partition coefficient (Wildman–Crippen LogP) is 1.45. The quantitative estimate of drug-likeness (QED) is 0.732. The highest BCUT2D eigenvalue weighted by Gasteiger charge is 2.12. The van der Waals surface area contributed by atoms with Crippen LogP contribution in [-0.2, 0) is 4.79 Å². The van der Waals surface area contributed by atoms with Crippen molar-refractivity contribution in [3.63, 3.8) is 0 Å². The SMILES string of the molecule is CCN(CCCN(C)C)C(=O)COc1ccc(N)cc1. The van der Waals surface area contributed by atoms with Crippen LogP contribution in [0.3, 0.4) is 0 Å². The summed E-state index contributed by atoms with van der Waals surface area (Å²) in [4.78, 5) is 16.0. The van der Waals surface area contributed by atoms with Crippen LogP contribution in [0.5, 0.6) is 5.75 Å². The molecule has 0 unspecified atom stereocenters. The predicted molar refractivity (Wildman–Crippen MR) is 81.8 cm³/mol. The van der Waals surface area contributed by atoms with Gasteiger partial charge in [-0.2, -0.15) is 0 Å². The van der Waals surface area contributed by atoms with Gasteiger partial charge in [0.15, 0.2) is 6.61 Å². The van der Waals surface area contributed by atoms with Crippen LogP contribution >= 0.6 is 0 Å². The van der Waals surface area contributed by atoms with Crippen LogP contribution in [0.1, 0.15) is 13.3 Å². The number of nitrogens with two attached hydrogens (primary N) is 1. The van der Waals surface area contributed by atoms with Gasteiger partial charge in [0.25, 0.3) is 5.91 Å². The van der Waals surface area contributed by atoms with Crippen LogP contribution in [0, 0.1) is 0 Å². The van der Waals surface area contributed by atoms with Crippen LogP contribution in [-0.4, -0.2) is 56.0 Å². The van der Waals surface area contributed by atoms with E-state index in [-0.39, 0.29) is 12.5 Å². The fraction of sp³-hybridized carbons (Fsp3) is 0.533. The van der Waals surface area contributed by atoms with E-state index in [9.17, 15) is 4.79 Å². The molecule has 0 fully saturated rings. The summed E-state index contributed by atoms with van der Waals surface area (Å²) >= 11 is 0. The van der Waals surface area contributed by atoms with Crippen LogP contribution in [0.2, 0.25) is 0 Å². The Labute approximate surface area is 121 Å². The van der Waals surface area contributed by atoms with Crippen molar-refractivity contribution in [1.29, 1.82) is 0 Å². The number of carbonyl (C=O) groups is 1. The molecular formula is C15H25N3O2. The Morgan fingerprint density at radius 2 is 1.85 bits per heavy atom. The first-order valence-corrected chi connectivity index (χ1v) is 6.93. The smallest absolute Gasteiger partial charge is 0.260 e. The Bertz CT molecular complexity index is 404. The second-order valence-electron chi connectivity index (χ2n) is 4.99. The van der Waals surface area contributed by atoms with E-state index in [0.717, 1.165) is 19.5 Å². The first-order chi connectivity index (χ1) is 9.52. The Balaban J connectivity index is 2.37. The van der Waals surface area contributed by atoms with Crippen molar-refractivity contribution in [2.75, 3.05) is 46.1 Å². The van der Waals surface area contributed by atoms with Gasteiger partial charge in [0, 0.05) is 18.8 Å². The van der Waals surface area contributed by atoms with E-state index in [1.807, 2.05) is 25.9 Å². The van der Waals surface area contributed by atoms with Gasteiger partial charge in [-0.15, -0.1) is 0 Å². The summed E-state index contributed by atoms with van der Waals surface area (Å²) in [6, 6.07) is 7.05. The zero-order valence-corrected chi connectivity index (χ0v) is 12.6. The average molecular weight is 279 g/mol. The Hall–Kier alpha value is -1.75. The fourth-order valence-corrected chi connectivity index (χ4v) is 1.84. The van der Waals surface area contributed by atoms with Crippen molar-refractivity contribution in [2.24, 2.45) is 0 Å². The maximum atomic E-state index is 12.1. The van der Waals surface area contributed by atoms with Crippen molar-refractivity contribution in [3.8, 4) is 5.75 Å². The summed E-state index contributed by atoms with van der Waals surface area (Å²) in [6.45, 7) is 4.50. The topological polar surface area (TPSA) is 58.8 Å². The minimum atomic E-state index is 0.0167. The molecular weight excluding hydrogens is 254 g/mol. The molecule has 0 aromatic heterocycles. The van der Waals surface area contributed by atoms with Gasteiger partial charge in [-0.3, -0.25) is 4.79 Å². The normalized spacial score (nSPS) is 10.6. The summed E-state index contributed by atoms with van der Waals surface area (Å²) in [7, 11) is 4.06. The number of carbonyl (C=O) groups excluding carboxylic acids is 1. The number of nitrogens with zero attached hydrogens (tertiary/aromatic N) is 2. The summed E-state index contributed by atoms with van der Waals surface area (Å²) < 4.78 is 5.48. The van der Waals surface area contributed by atoms with Gasteiger partial charge < -0.3 is 20.3 Å². The van der Waals surface area contributed by atoms with E-state index in [2.05, 4.69) is 4.90 Å². The molecule has 112 valence electrons. The van der Waals surface area contributed by atoms with Crippen LogP contribution in [0.25, 0.3) is 0 Å². The summed E-state index contributed by atoms with van der Waals surface area (Å²) in [5.41, 5.74) is 6.28. The Kier molecular flexibility index (Phi) is 6.87. The number of benzene rings is 1. The molecule has 2 N–H and O–H groups in total. The summed E-state index contributed by atoms with van der Waals surface area (Å²) in [5, 5.41) is 0. The highest BCUT2D eigenvalue weighted by Crippen LogP contribution is 2.13. The van der Waals surface area contributed by atoms with Crippen LogP contribution in [0.4, 0.5) is 5.69 Å². The van der Waals surface area contributed by atoms with Gasteiger partial charge in [-0.1, -0.05) is 0 Å². The molecule has 0 spiro atoms. The maximum absolute atomic E-state index is 12.1. The van der Waals surface area contributed by atoms with Crippen molar-refractivity contribution < 1.29 is 9.53 Å². The number of nitrogen functional groups attached to an aromatic ring is 1. The number of hydrogen-bond donors (Lipinski definition) is 1. The molecule has 0 saturated heterocycles. The molecule has 0 saturated carbocycles. The largest absolute Gasteiger partial charge is 0.484 e. The molecule has 1 aromatic rings. The zero-order chi connectivity index (χ0) is 15.0. The number of ether oxygens (including phenoxy) is 1. The molecule has 0 aliphatic rings. The van der Waals surface area contributed by atoms with E-state index >= 15 is 0 Å². The zero-order valence-electron chi connectivity index (χ0n) is 12.6. The molecule has 0 atom stereocenters. The second kappa shape index (κ2) is 8.43.